The lowest BCUT2D eigenvalue weighted by atomic mass is 9.94. The molecule has 1 heterocycles. The Labute approximate surface area is 109 Å². The molecule has 1 amide bonds. The Kier molecular flexibility index (Phi) is 5.56. The van der Waals surface area contributed by atoms with Crippen molar-refractivity contribution in [1.29, 1.82) is 0 Å². The van der Waals surface area contributed by atoms with Crippen molar-refractivity contribution in [2.45, 2.75) is 38.8 Å². The predicted octanol–water partition coefficient (Wildman–Crippen LogP) is 0.134. The maximum absolute atomic E-state index is 12.0. The Morgan fingerprint density at radius 1 is 1.50 bits per heavy atom. The van der Waals surface area contributed by atoms with Gasteiger partial charge in [-0.2, -0.15) is 0 Å². The van der Waals surface area contributed by atoms with Crippen LogP contribution in [0.4, 0.5) is 0 Å². The highest BCUT2D eigenvalue weighted by molar-refractivity contribution is 5.79. The summed E-state index contributed by atoms with van der Waals surface area (Å²) in [4.78, 5) is 12.0. The van der Waals surface area contributed by atoms with Crippen LogP contribution in [0, 0.1) is 11.8 Å². The fraction of sp³-hybridized carbons (Fsp3) is 0.923. The summed E-state index contributed by atoms with van der Waals surface area (Å²) < 4.78 is 5.29. The number of aliphatic hydroxyl groups is 1. The summed E-state index contributed by atoms with van der Waals surface area (Å²) in [7, 11) is 1.83. The maximum atomic E-state index is 12.0. The van der Waals surface area contributed by atoms with Crippen LogP contribution in [0.1, 0.15) is 27.2 Å². The molecule has 0 aromatic heterocycles. The zero-order valence-corrected chi connectivity index (χ0v) is 11.8. The largest absolute Gasteiger partial charge is 0.388 e. The molecular weight excluding hydrogens is 232 g/mol. The number of likely N-dealkylation sites (N-methyl/N-ethyl adjacent to an activating group) is 1. The summed E-state index contributed by atoms with van der Waals surface area (Å²) in [6.07, 6.45) is 0.671. The second kappa shape index (κ2) is 6.50. The molecule has 0 spiro atoms. The van der Waals surface area contributed by atoms with E-state index in [2.05, 4.69) is 24.5 Å². The first-order valence-corrected chi connectivity index (χ1v) is 6.61. The lowest BCUT2D eigenvalue weighted by Crippen LogP contribution is -2.47. The molecule has 3 N–H and O–H groups in total. The molecule has 0 saturated carbocycles. The Hall–Kier alpha value is -0.650. The average Bonchev–Trinajstić information content (AvgIpc) is 2.72. The molecule has 1 fully saturated rings. The van der Waals surface area contributed by atoms with Gasteiger partial charge >= 0.3 is 0 Å². The number of carbonyl (C=O) groups is 1. The van der Waals surface area contributed by atoms with Crippen molar-refractivity contribution in [2.75, 3.05) is 26.8 Å². The number of rotatable bonds is 6. The van der Waals surface area contributed by atoms with Crippen LogP contribution in [0.3, 0.4) is 0 Å². The molecule has 3 unspecified atom stereocenters. The minimum atomic E-state index is -0.849. The zero-order chi connectivity index (χ0) is 13.8. The lowest BCUT2D eigenvalue weighted by molar-refractivity contribution is -0.126. The Bertz CT molecular complexity index is 279. The standard InChI is InChI=1S/C13H26N2O3/c1-9(2)5-13(3,17)8-15-12(16)10-6-18-7-11(10)14-4/h9-11,14,17H,5-8H2,1-4H3,(H,15,16). The van der Waals surface area contributed by atoms with Crippen LogP contribution >= 0.6 is 0 Å². The van der Waals surface area contributed by atoms with Crippen LogP contribution in [0.25, 0.3) is 0 Å². The Balaban J connectivity index is 2.41. The number of nitrogens with one attached hydrogen (secondary N) is 2. The quantitative estimate of drug-likeness (QED) is 0.633. The van der Waals surface area contributed by atoms with Gasteiger partial charge in [0.25, 0.3) is 0 Å². The third-order valence-corrected chi connectivity index (χ3v) is 3.28. The number of hydrogen-bond donors (Lipinski definition) is 3. The zero-order valence-electron chi connectivity index (χ0n) is 11.8. The molecule has 1 rings (SSSR count). The topological polar surface area (TPSA) is 70.6 Å². The number of amides is 1. The monoisotopic (exact) mass is 258 g/mol. The van der Waals surface area contributed by atoms with Crippen LogP contribution in [0.15, 0.2) is 0 Å². The second-order valence-corrected chi connectivity index (χ2v) is 5.85. The fourth-order valence-electron chi connectivity index (χ4n) is 2.46. The van der Waals surface area contributed by atoms with E-state index in [0.29, 0.717) is 25.6 Å². The summed E-state index contributed by atoms with van der Waals surface area (Å²) in [5.74, 6) is 0.192. The first-order valence-electron chi connectivity index (χ1n) is 6.61. The van der Waals surface area contributed by atoms with Crippen LogP contribution in [0.2, 0.25) is 0 Å². The van der Waals surface area contributed by atoms with Gasteiger partial charge in [0.1, 0.15) is 0 Å². The van der Waals surface area contributed by atoms with Crippen molar-refractivity contribution in [3.8, 4) is 0 Å². The number of hydrogen-bond acceptors (Lipinski definition) is 4. The van der Waals surface area contributed by atoms with Crippen LogP contribution in [0.5, 0.6) is 0 Å². The number of carbonyl (C=O) groups excluding carboxylic acids is 1. The summed E-state index contributed by atoms with van der Waals surface area (Å²) >= 11 is 0. The summed E-state index contributed by atoms with van der Waals surface area (Å²) in [5, 5.41) is 16.0. The highest BCUT2D eigenvalue weighted by atomic mass is 16.5. The van der Waals surface area contributed by atoms with Gasteiger partial charge in [0, 0.05) is 12.6 Å². The first kappa shape index (κ1) is 15.4. The summed E-state index contributed by atoms with van der Waals surface area (Å²) in [5.41, 5.74) is -0.849. The van der Waals surface area contributed by atoms with Gasteiger partial charge < -0.3 is 20.5 Å². The third kappa shape index (κ3) is 4.55. The van der Waals surface area contributed by atoms with Gasteiger partial charge in [0.2, 0.25) is 5.91 Å². The fourth-order valence-corrected chi connectivity index (χ4v) is 2.46. The SMILES string of the molecule is CNC1COCC1C(=O)NCC(C)(O)CC(C)C. The van der Waals surface area contributed by atoms with E-state index in [4.69, 9.17) is 4.74 Å². The van der Waals surface area contributed by atoms with E-state index in [1.165, 1.54) is 0 Å². The summed E-state index contributed by atoms with van der Waals surface area (Å²) in [6, 6.07) is 0.0695. The molecule has 0 bridgehead atoms. The molecular formula is C13H26N2O3. The molecule has 106 valence electrons. The third-order valence-electron chi connectivity index (χ3n) is 3.28. The molecule has 0 aromatic carbocycles. The van der Waals surface area contributed by atoms with E-state index in [9.17, 15) is 9.90 Å². The first-order chi connectivity index (χ1) is 8.35. The molecule has 0 aromatic rings. The Morgan fingerprint density at radius 2 is 2.17 bits per heavy atom. The van der Waals surface area contributed by atoms with Gasteiger partial charge in [-0.05, 0) is 26.3 Å². The molecule has 0 radical (unpaired) electrons. The maximum Gasteiger partial charge on any atom is 0.227 e. The number of ether oxygens (including phenoxy) is 1. The second-order valence-electron chi connectivity index (χ2n) is 5.85. The highest BCUT2D eigenvalue weighted by Crippen LogP contribution is 2.17. The van der Waals surface area contributed by atoms with E-state index in [0.717, 1.165) is 0 Å². The van der Waals surface area contributed by atoms with Gasteiger partial charge in [-0.3, -0.25) is 4.79 Å². The van der Waals surface area contributed by atoms with Gasteiger partial charge in [0.05, 0.1) is 24.7 Å². The molecule has 1 aliphatic rings. The van der Waals surface area contributed by atoms with Crippen molar-refractivity contribution in [3.63, 3.8) is 0 Å². The van der Waals surface area contributed by atoms with Crippen molar-refractivity contribution in [2.24, 2.45) is 11.8 Å². The van der Waals surface area contributed by atoms with Crippen LogP contribution in [-0.2, 0) is 9.53 Å². The van der Waals surface area contributed by atoms with E-state index >= 15 is 0 Å². The smallest absolute Gasteiger partial charge is 0.227 e. The molecule has 0 aliphatic carbocycles. The average molecular weight is 258 g/mol. The highest BCUT2D eigenvalue weighted by Gasteiger charge is 2.34. The van der Waals surface area contributed by atoms with Gasteiger partial charge in [-0.25, -0.2) is 0 Å². The minimum Gasteiger partial charge on any atom is -0.388 e. The van der Waals surface area contributed by atoms with E-state index < -0.39 is 5.60 Å². The molecule has 5 heteroatoms. The summed E-state index contributed by atoms with van der Waals surface area (Å²) in [6.45, 7) is 7.17. The van der Waals surface area contributed by atoms with E-state index in [1.807, 2.05) is 7.05 Å². The van der Waals surface area contributed by atoms with E-state index in [1.54, 1.807) is 6.92 Å². The normalized spacial score (nSPS) is 27.2. The van der Waals surface area contributed by atoms with E-state index in [-0.39, 0.29) is 24.4 Å². The molecule has 1 saturated heterocycles. The molecule has 5 nitrogen and oxygen atoms in total. The van der Waals surface area contributed by atoms with Crippen molar-refractivity contribution < 1.29 is 14.6 Å². The minimum absolute atomic E-state index is 0.0455. The van der Waals surface area contributed by atoms with Crippen LogP contribution in [-0.4, -0.2) is 49.5 Å². The van der Waals surface area contributed by atoms with Crippen LogP contribution < -0.4 is 10.6 Å². The Morgan fingerprint density at radius 3 is 2.72 bits per heavy atom. The molecule has 1 aliphatic heterocycles. The molecule has 3 atom stereocenters. The van der Waals surface area contributed by atoms with Crippen molar-refractivity contribution in [1.82, 2.24) is 10.6 Å². The predicted molar refractivity (Wildman–Crippen MR) is 70.2 cm³/mol. The van der Waals surface area contributed by atoms with Gasteiger partial charge in [-0.15, -0.1) is 0 Å². The molecule has 18 heavy (non-hydrogen) atoms. The van der Waals surface area contributed by atoms with Crippen molar-refractivity contribution >= 4 is 5.91 Å². The van der Waals surface area contributed by atoms with Gasteiger partial charge in [-0.1, -0.05) is 13.8 Å². The van der Waals surface area contributed by atoms with Crippen molar-refractivity contribution in [3.05, 3.63) is 0 Å². The lowest BCUT2D eigenvalue weighted by Gasteiger charge is -2.26. The van der Waals surface area contributed by atoms with Gasteiger partial charge in [0.15, 0.2) is 0 Å².